The molecule has 1 aliphatic rings. The number of H-pyrrole nitrogens is 1. The van der Waals surface area contributed by atoms with E-state index in [1.54, 1.807) is 0 Å². The van der Waals surface area contributed by atoms with Crippen molar-refractivity contribution in [3.05, 3.63) is 29.3 Å². The number of fused-ring (bicyclic) bond motifs is 1. The van der Waals surface area contributed by atoms with Crippen molar-refractivity contribution in [1.82, 2.24) is 15.2 Å². The highest BCUT2D eigenvalue weighted by molar-refractivity contribution is 8.00. The van der Waals surface area contributed by atoms with Crippen molar-refractivity contribution in [2.75, 3.05) is 11.1 Å². The van der Waals surface area contributed by atoms with Crippen LogP contribution in [0.15, 0.2) is 23.4 Å². The second kappa shape index (κ2) is 5.77. The Morgan fingerprint density at radius 1 is 1.43 bits per heavy atom. The Labute approximate surface area is 126 Å². The van der Waals surface area contributed by atoms with E-state index in [1.165, 1.54) is 29.3 Å². The summed E-state index contributed by atoms with van der Waals surface area (Å²) in [5.74, 6) is 0.185. The van der Waals surface area contributed by atoms with Gasteiger partial charge in [-0.1, -0.05) is 17.8 Å². The number of thioether (sulfide) groups is 1. The molecule has 0 bridgehead atoms. The number of hydrogen-bond donors (Lipinski definition) is 3. The molecule has 0 radical (unpaired) electrons. The number of nitrogens with two attached hydrogens (primary N) is 1. The summed E-state index contributed by atoms with van der Waals surface area (Å²) >= 11 is 1.27. The lowest BCUT2D eigenvalue weighted by molar-refractivity contribution is -0.115. The molecule has 0 saturated carbocycles. The maximum absolute atomic E-state index is 12.2. The number of carbonyl (C=O) groups is 1. The zero-order valence-electron chi connectivity index (χ0n) is 11.7. The number of anilines is 2. The van der Waals surface area contributed by atoms with Crippen LogP contribution < -0.4 is 11.1 Å². The first-order chi connectivity index (χ1) is 10.1. The number of aryl methyl sites for hydroxylation is 2. The van der Waals surface area contributed by atoms with Crippen LogP contribution in [0.5, 0.6) is 0 Å². The van der Waals surface area contributed by atoms with Crippen molar-refractivity contribution in [2.45, 2.75) is 36.6 Å². The summed E-state index contributed by atoms with van der Waals surface area (Å²) in [4.78, 5) is 16.2. The number of nitrogens with one attached hydrogen (secondary N) is 2. The largest absolute Gasteiger partial charge is 0.368 e. The zero-order chi connectivity index (χ0) is 14.8. The van der Waals surface area contributed by atoms with Gasteiger partial charge in [0.1, 0.15) is 0 Å². The van der Waals surface area contributed by atoms with Crippen molar-refractivity contribution >= 4 is 29.3 Å². The van der Waals surface area contributed by atoms with Crippen LogP contribution in [0.1, 0.15) is 24.5 Å². The molecule has 1 aromatic heterocycles. The molecule has 1 atom stereocenters. The Kier molecular flexibility index (Phi) is 3.83. The maximum atomic E-state index is 12.2. The minimum absolute atomic E-state index is 0.0682. The molecule has 1 heterocycles. The fraction of sp³-hybridized carbons (Fsp3) is 0.357. The molecule has 7 heteroatoms. The van der Waals surface area contributed by atoms with Crippen LogP contribution in [-0.2, 0) is 17.6 Å². The fourth-order valence-electron chi connectivity index (χ4n) is 2.42. The van der Waals surface area contributed by atoms with Gasteiger partial charge in [0.2, 0.25) is 17.0 Å². The van der Waals surface area contributed by atoms with Gasteiger partial charge in [-0.15, -0.1) is 5.10 Å². The monoisotopic (exact) mass is 303 g/mol. The van der Waals surface area contributed by atoms with E-state index in [-0.39, 0.29) is 17.1 Å². The van der Waals surface area contributed by atoms with E-state index in [2.05, 4.69) is 32.6 Å². The molecule has 1 aliphatic carbocycles. The van der Waals surface area contributed by atoms with E-state index >= 15 is 0 Å². The third-order valence-electron chi connectivity index (χ3n) is 3.50. The number of nitrogens with zero attached hydrogens (tertiary/aromatic N) is 2. The molecule has 0 saturated heterocycles. The molecule has 1 aromatic carbocycles. The van der Waals surface area contributed by atoms with Gasteiger partial charge in [-0.25, -0.2) is 5.10 Å². The maximum Gasteiger partial charge on any atom is 0.237 e. The smallest absolute Gasteiger partial charge is 0.237 e. The predicted octanol–water partition coefficient (Wildman–Crippen LogP) is 1.99. The van der Waals surface area contributed by atoms with Gasteiger partial charge >= 0.3 is 0 Å². The van der Waals surface area contributed by atoms with Crippen LogP contribution in [0.3, 0.4) is 0 Å². The topological polar surface area (TPSA) is 96.7 Å². The van der Waals surface area contributed by atoms with E-state index in [4.69, 9.17) is 5.73 Å². The van der Waals surface area contributed by atoms with Gasteiger partial charge in [0.25, 0.3) is 0 Å². The normalized spacial score (nSPS) is 14.7. The molecule has 6 nitrogen and oxygen atoms in total. The average molecular weight is 303 g/mol. The van der Waals surface area contributed by atoms with E-state index in [0.717, 1.165) is 18.5 Å². The highest BCUT2D eigenvalue weighted by Crippen LogP contribution is 2.26. The number of carbonyl (C=O) groups excluding carboxylic acids is 1. The van der Waals surface area contributed by atoms with Gasteiger partial charge in [-0.3, -0.25) is 4.79 Å². The van der Waals surface area contributed by atoms with Gasteiger partial charge in [0.15, 0.2) is 0 Å². The predicted molar refractivity (Wildman–Crippen MR) is 83.2 cm³/mol. The van der Waals surface area contributed by atoms with Gasteiger partial charge in [-0.2, -0.15) is 4.98 Å². The first-order valence-electron chi connectivity index (χ1n) is 6.89. The van der Waals surface area contributed by atoms with E-state index in [0.29, 0.717) is 5.16 Å². The Hall–Kier alpha value is -2.02. The first kappa shape index (κ1) is 13.9. The van der Waals surface area contributed by atoms with Crippen LogP contribution in [0.2, 0.25) is 0 Å². The van der Waals surface area contributed by atoms with Crippen LogP contribution in [0.4, 0.5) is 11.6 Å². The molecule has 0 unspecified atom stereocenters. The SMILES string of the molecule is C[C@H](Sc1n[nH]c(N)n1)C(=O)Nc1ccc2c(c1)CCC2. The number of amides is 1. The summed E-state index contributed by atoms with van der Waals surface area (Å²) in [5, 5.41) is 9.59. The Morgan fingerprint density at radius 2 is 2.24 bits per heavy atom. The summed E-state index contributed by atoms with van der Waals surface area (Å²) in [6.45, 7) is 1.82. The number of rotatable bonds is 4. The highest BCUT2D eigenvalue weighted by atomic mass is 32.2. The molecule has 1 amide bonds. The molecule has 21 heavy (non-hydrogen) atoms. The van der Waals surface area contributed by atoms with Crippen molar-refractivity contribution in [3.8, 4) is 0 Å². The molecule has 4 N–H and O–H groups in total. The lowest BCUT2D eigenvalue weighted by Gasteiger charge is -2.11. The number of hydrogen-bond acceptors (Lipinski definition) is 5. The van der Waals surface area contributed by atoms with Crippen LogP contribution in [0, 0.1) is 0 Å². The Balaban J connectivity index is 1.63. The van der Waals surface area contributed by atoms with Crippen molar-refractivity contribution in [1.29, 1.82) is 0 Å². The van der Waals surface area contributed by atoms with Crippen molar-refractivity contribution < 1.29 is 4.79 Å². The number of aromatic nitrogens is 3. The van der Waals surface area contributed by atoms with Gasteiger partial charge in [0.05, 0.1) is 5.25 Å². The summed E-state index contributed by atoms with van der Waals surface area (Å²) < 4.78 is 0. The summed E-state index contributed by atoms with van der Waals surface area (Å²) in [5.41, 5.74) is 9.05. The molecule has 0 aliphatic heterocycles. The van der Waals surface area contributed by atoms with Crippen LogP contribution in [-0.4, -0.2) is 26.3 Å². The lowest BCUT2D eigenvalue weighted by atomic mass is 10.1. The molecule has 110 valence electrons. The molecule has 2 aromatic rings. The molecule has 3 rings (SSSR count). The number of aromatic amines is 1. The van der Waals surface area contributed by atoms with E-state index in [1.807, 2.05) is 13.0 Å². The highest BCUT2D eigenvalue weighted by Gasteiger charge is 2.18. The number of benzene rings is 1. The summed E-state index contributed by atoms with van der Waals surface area (Å²) in [7, 11) is 0. The van der Waals surface area contributed by atoms with E-state index < -0.39 is 0 Å². The van der Waals surface area contributed by atoms with Gasteiger partial charge in [-0.05, 0) is 49.4 Å². The summed E-state index contributed by atoms with van der Waals surface area (Å²) in [6.07, 6.45) is 3.44. The molecular formula is C14H17N5OS. The third-order valence-corrected chi connectivity index (χ3v) is 4.46. The number of nitrogen functional groups attached to an aromatic ring is 1. The van der Waals surface area contributed by atoms with Gasteiger partial charge < -0.3 is 11.1 Å². The first-order valence-corrected chi connectivity index (χ1v) is 7.77. The minimum atomic E-state index is -0.298. The lowest BCUT2D eigenvalue weighted by Crippen LogP contribution is -2.22. The fourth-order valence-corrected chi connectivity index (χ4v) is 3.15. The Morgan fingerprint density at radius 3 is 3.00 bits per heavy atom. The van der Waals surface area contributed by atoms with Crippen molar-refractivity contribution in [3.63, 3.8) is 0 Å². The average Bonchev–Trinajstić information content (AvgIpc) is 3.07. The van der Waals surface area contributed by atoms with E-state index in [9.17, 15) is 4.79 Å². The molecule has 0 fully saturated rings. The summed E-state index contributed by atoms with van der Waals surface area (Å²) in [6, 6.07) is 6.14. The zero-order valence-corrected chi connectivity index (χ0v) is 12.5. The standard InChI is InChI=1S/C14H17N5OS/c1-8(21-14-17-13(15)18-19-14)12(20)16-11-6-5-9-3-2-4-10(9)7-11/h5-8H,2-4H2,1H3,(H,16,20)(H3,15,17,18,19)/t8-/m0/s1. The Bertz CT molecular complexity index is 669. The minimum Gasteiger partial charge on any atom is -0.368 e. The third kappa shape index (κ3) is 3.18. The quantitative estimate of drug-likeness (QED) is 0.751. The molecule has 0 spiro atoms. The van der Waals surface area contributed by atoms with Gasteiger partial charge in [0, 0.05) is 5.69 Å². The molecular weight excluding hydrogens is 286 g/mol. The van der Waals surface area contributed by atoms with Crippen LogP contribution >= 0.6 is 11.8 Å². The van der Waals surface area contributed by atoms with Crippen LogP contribution in [0.25, 0.3) is 0 Å². The second-order valence-electron chi connectivity index (χ2n) is 5.09. The second-order valence-corrected chi connectivity index (χ2v) is 6.40. The van der Waals surface area contributed by atoms with Crippen molar-refractivity contribution in [2.24, 2.45) is 0 Å².